The first-order chi connectivity index (χ1) is 8.95. The van der Waals surface area contributed by atoms with E-state index in [4.69, 9.17) is 0 Å². The monoisotopic (exact) mass is 302 g/mol. The lowest BCUT2D eigenvalue weighted by Gasteiger charge is -2.31. The summed E-state index contributed by atoms with van der Waals surface area (Å²) in [6, 6.07) is 1.80. The Morgan fingerprint density at radius 1 is 1.47 bits per heavy atom. The number of piperidine rings is 1. The molecule has 0 amide bonds. The summed E-state index contributed by atoms with van der Waals surface area (Å²) >= 11 is 1.55. The Morgan fingerprint density at radius 2 is 2.21 bits per heavy atom. The van der Waals surface area contributed by atoms with Crippen molar-refractivity contribution in [3.8, 4) is 0 Å². The number of aryl methyl sites for hydroxylation is 2. The normalized spacial score (nSPS) is 21.7. The first-order valence-electron chi connectivity index (χ1n) is 6.67. The molecular formula is C13H22N2O2S2. The van der Waals surface area contributed by atoms with Crippen LogP contribution in [0.2, 0.25) is 0 Å². The van der Waals surface area contributed by atoms with Gasteiger partial charge in [0, 0.05) is 22.8 Å². The number of hydrogen-bond acceptors (Lipinski definition) is 4. The van der Waals surface area contributed by atoms with Crippen molar-refractivity contribution >= 4 is 21.4 Å². The van der Waals surface area contributed by atoms with E-state index < -0.39 is 10.0 Å². The molecule has 1 atom stereocenters. The molecule has 1 saturated heterocycles. The zero-order valence-corrected chi connectivity index (χ0v) is 13.4. The molecule has 0 aliphatic carbocycles. The molecule has 1 fully saturated rings. The van der Waals surface area contributed by atoms with Gasteiger partial charge >= 0.3 is 0 Å². The molecule has 0 radical (unpaired) electrons. The van der Waals surface area contributed by atoms with Crippen molar-refractivity contribution in [2.75, 3.05) is 26.7 Å². The molecule has 1 aromatic heterocycles. The van der Waals surface area contributed by atoms with Crippen LogP contribution in [0.3, 0.4) is 0 Å². The van der Waals surface area contributed by atoms with Crippen molar-refractivity contribution in [1.29, 1.82) is 0 Å². The second kappa shape index (κ2) is 5.91. The second-order valence-corrected chi connectivity index (χ2v) is 8.57. The summed E-state index contributed by atoms with van der Waals surface area (Å²) in [5.41, 5.74) is 0. The first-order valence-corrected chi connectivity index (χ1v) is 8.92. The molecule has 2 heterocycles. The van der Waals surface area contributed by atoms with Gasteiger partial charge in [-0.05, 0) is 52.3 Å². The summed E-state index contributed by atoms with van der Waals surface area (Å²) < 4.78 is 27.0. The van der Waals surface area contributed by atoms with Crippen LogP contribution in [0.25, 0.3) is 0 Å². The lowest BCUT2D eigenvalue weighted by Crippen LogP contribution is -2.42. The van der Waals surface area contributed by atoms with Crippen molar-refractivity contribution < 1.29 is 8.42 Å². The van der Waals surface area contributed by atoms with Gasteiger partial charge in [0.2, 0.25) is 10.0 Å². The van der Waals surface area contributed by atoms with E-state index in [0.717, 1.165) is 29.1 Å². The van der Waals surface area contributed by atoms with Gasteiger partial charge in [0.05, 0.1) is 4.90 Å². The van der Waals surface area contributed by atoms with Crippen LogP contribution in [0, 0.1) is 19.8 Å². The standard InChI is InChI=1S/C13H22N2O2S2/c1-10-7-13(11(2)18-10)19(16,17)15-6-4-5-12(9-15)8-14-3/h7,12,14H,4-6,8-9H2,1-3H3/t12-/m1/s1. The minimum absolute atomic E-state index is 0.425. The van der Waals surface area contributed by atoms with E-state index >= 15 is 0 Å². The zero-order chi connectivity index (χ0) is 14.0. The van der Waals surface area contributed by atoms with Crippen LogP contribution in [0.5, 0.6) is 0 Å². The van der Waals surface area contributed by atoms with E-state index in [1.807, 2.05) is 20.9 Å². The molecule has 4 nitrogen and oxygen atoms in total. The van der Waals surface area contributed by atoms with Gasteiger partial charge in [0.25, 0.3) is 0 Å². The second-order valence-electron chi connectivity index (χ2n) is 5.21. The number of nitrogens with zero attached hydrogens (tertiary/aromatic N) is 1. The third-order valence-corrected chi connectivity index (χ3v) is 6.67. The van der Waals surface area contributed by atoms with Gasteiger partial charge in [0.15, 0.2) is 0 Å². The average Bonchev–Trinajstić information content (AvgIpc) is 2.70. The quantitative estimate of drug-likeness (QED) is 0.925. The maximum atomic E-state index is 12.7. The highest BCUT2D eigenvalue weighted by atomic mass is 32.2. The zero-order valence-electron chi connectivity index (χ0n) is 11.8. The van der Waals surface area contributed by atoms with Gasteiger partial charge in [0.1, 0.15) is 0 Å². The minimum atomic E-state index is -3.31. The summed E-state index contributed by atoms with van der Waals surface area (Å²) in [4.78, 5) is 2.45. The van der Waals surface area contributed by atoms with Gasteiger partial charge in [-0.25, -0.2) is 8.42 Å². The van der Waals surface area contributed by atoms with Gasteiger partial charge < -0.3 is 5.32 Å². The molecule has 1 N–H and O–H groups in total. The van der Waals surface area contributed by atoms with E-state index in [-0.39, 0.29) is 0 Å². The van der Waals surface area contributed by atoms with Gasteiger partial charge in [-0.15, -0.1) is 11.3 Å². The third kappa shape index (κ3) is 3.18. The maximum Gasteiger partial charge on any atom is 0.244 e. The Kier molecular flexibility index (Phi) is 4.66. The van der Waals surface area contributed by atoms with Crippen LogP contribution in [0.4, 0.5) is 0 Å². The fourth-order valence-corrected chi connectivity index (χ4v) is 5.78. The summed E-state index contributed by atoms with van der Waals surface area (Å²) in [5.74, 6) is 0.425. The number of thiophene rings is 1. The Balaban J connectivity index is 2.22. The van der Waals surface area contributed by atoms with Crippen LogP contribution in [0.1, 0.15) is 22.6 Å². The third-order valence-electron chi connectivity index (χ3n) is 3.59. The molecule has 6 heteroatoms. The van der Waals surface area contributed by atoms with Crippen LogP contribution >= 0.6 is 11.3 Å². The van der Waals surface area contributed by atoms with E-state index in [0.29, 0.717) is 23.9 Å². The molecule has 0 unspecified atom stereocenters. The summed E-state index contributed by atoms with van der Waals surface area (Å²) in [6.45, 7) is 6.01. The Morgan fingerprint density at radius 3 is 2.79 bits per heavy atom. The molecule has 1 aliphatic heterocycles. The van der Waals surface area contributed by atoms with E-state index in [9.17, 15) is 8.42 Å². The smallest absolute Gasteiger partial charge is 0.244 e. The van der Waals surface area contributed by atoms with Gasteiger partial charge in [-0.1, -0.05) is 0 Å². The van der Waals surface area contributed by atoms with Gasteiger partial charge in [-0.3, -0.25) is 0 Å². The van der Waals surface area contributed by atoms with Crippen LogP contribution in [0.15, 0.2) is 11.0 Å². The Labute approximate surface area is 119 Å². The highest BCUT2D eigenvalue weighted by Crippen LogP contribution is 2.30. The van der Waals surface area contributed by atoms with E-state index in [1.54, 1.807) is 21.7 Å². The lowest BCUT2D eigenvalue weighted by atomic mass is 10.00. The average molecular weight is 302 g/mol. The van der Waals surface area contributed by atoms with Gasteiger partial charge in [-0.2, -0.15) is 4.31 Å². The van der Waals surface area contributed by atoms with Crippen molar-refractivity contribution in [3.05, 3.63) is 15.8 Å². The Hall–Kier alpha value is -0.430. The lowest BCUT2D eigenvalue weighted by molar-refractivity contribution is 0.263. The van der Waals surface area contributed by atoms with Crippen molar-refractivity contribution in [2.45, 2.75) is 31.6 Å². The molecular weight excluding hydrogens is 280 g/mol. The fourth-order valence-electron chi connectivity index (χ4n) is 2.70. The molecule has 0 aromatic carbocycles. The largest absolute Gasteiger partial charge is 0.319 e. The molecule has 0 spiro atoms. The topological polar surface area (TPSA) is 49.4 Å². The van der Waals surface area contributed by atoms with Crippen molar-refractivity contribution in [3.63, 3.8) is 0 Å². The van der Waals surface area contributed by atoms with Crippen LogP contribution < -0.4 is 5.32 Å². The molecule has 108 valence electrons. The Bertz CT molecular complexity index is 535. The molecule has 0 bridgehead atoms. The molecule has 0 saturated carbocycles. The molecule has 1 aromatic rings. The predicted octanol–water partition coefficient (Wildman–Crippen LogP) is 1.99. The van der Waals surface area contributed by atoms with Crippen LogP contribution in [-0.4, -0.2) is 39.4 Å². The summed E-state index contributed by atoms with van der Waals surface area (Å²) in [7, 11) is -1.39. The molecule has 1 aliphatic rings. The summed E-state index contributed by atoms with van der Waals surface area (Å²) in [6.07, 6.45) is 2.06. The van der Waals surface area contributed by atoms with Crippen LogP contribution in [-0.2, 0) is 10.0 Å². The fraction of sp³-hybridized carbons (Fsp3) is 0.692. The number of hydrogen-bond donors (Lipinski definition) is 1. The van der Waals surface area contributed by atoms with E-state index in [1.165, 1.54) is 0 Å². The predicted molar refractivity (Wildman–Crippen MR) is 79.2 cm³/mol. The van der Waals surface area contributed by atoms with Crippen molar-refractivity contribution in [2.24, 2.45) is 5.92 Å². The molecule has 19 heavy (non-hydrogen) atoms. The summed E-state index contributed by atoms with van der Waals surface area (Å²) in [5, 5.41) is 3.15. The van der Waals surface area contributed by atoms with Crippen molar-refractivity contribution in [1.82, 2.24) is 9.62 Å². The van der Waals surface area contributed by atoms with E-state index in [2.05, 4.69) is 5.32 Å². The highest BCUT2D eigenvalue weighted by Gasteiger charge is 2.31. The first kappa shape index (κ1) is 15.0. The number of sulfonamides is 1. The molecule has 2 rings (SSSR count). The maximum absolute atomic E-state index is 12.7. The SMILES string of the molecule is CNC[C@H]1CCCN(S(=O)(=O)c2cc(C)sc2C)C1. The minimum Gasteiger partial charge on any atom is -0.319 e. The number of rotatable bonds is 4. The highest BCUT2D eigenvalue weighted by molar-refractivity contribution is 7.89. The number of nitrogens with one attached hydrogen (secondary N) is 1.